The van der Waals surface area contributed by atoms with E-state index in [-0.39, 0.29) is 42.9 Å². The molecule has 0 aliphatic carbocycles. The van der Waals surface area contributed by atoms with Crippen LogP contribution in [0.15, 0.2) is 12.4 Å². The van der Waals surface area contributed by atoms with Crippen molar-refractivity contribution in [3.8, 4) is 17.3 Å². The fraction of sp³-hybridized carbons (Fsp3) is 0.600. The van der Waals surface area contributed by atoms with Gasteiger partial charge in [0.25, 0.3) is 0 Å². The minimum absolute atomic E-state index is 0.0813. The molecular formula is C20H26F3N5O4S. The predicted octanol–water partition coefficient (Wildman–Crippen LogP) is 3.44. The maximum Gasteiger partial charge on any atom is 0.443 e. The molecule has 1 atom stereocenters. The molecule has 0 saturated carbocycles. The van der Waals surface area contributed by atoms with Crippen molar-refractivity contribution in [3.05, 3.63) is 17.4 Å². The second-order valence-corrected chi connectivity index (χ2v) is 9.29. The summed E-state index contributed by atoms with van der Waals surface area (Å²) in [5, 5.41) is 9.13. The van der Waals surface area contributed by atoms with Gasteiger partial charge in [-0.1, -0.05) is 11.3 Å². The van der Waals surface area contributed by atoms with Gasteiger partial charge >= 0.3 is 18.3 Å². The standard InChI is InChI=1S/C20H26F3N5O4S/c1-5-31-17-24-8-12(9-25-17)14-15(33-16(26-14)20(21,22)23)27-6-7-28(13(10-27)11-29)18(30)32-19(2,3)4/h8-9,13,29H,5-7,10-11H2,1-4H3. The first kappa shape index (κ1) is 25.0. The zero-order chi connectivity index (χ0) is 24.4. The van der Waals surface area contributed by atoms with Gasteiger partial charge in [0.2, 0.25) is 5.01 Å². The molecule has 1 saturated heterocycles. The number of halogens is 3. The molecule has 3 heterocycles. The van der Waals surface area contributed by atoms with Gasteiger partial charge in [-0.05, 0) is 27.7 Å². The van der Waals surface area contributed by atoms with E-state index in [0.717, 1.165) is 0 Å². The van der Waals surface area contributed by atoms with Gasteiger partial charge in [-0.2, -0.15) is 13.2 Å². The van der Waals surface area contributed by atoms with Crippen molar-refractivity contribution in [2.24, 2.45) is 0 Å². The smallest absolute Gasteiger partial charge is 0.443 e. The van der Waals surface area contributed by atoms with Crippen LogP contribution < -0.4 is 9.64 Å². The lowest BCUT2D eigenvalue weighted by Gasteiger charge is -2.41. The van der Waals surface area contributed by atoms with Gasteiger partial charge in [-0.25, -0.2) is 19.7 Å². The van der Waals surface area contributed by atoms with Crippen molar-refractivity contribution >= 4 is 22.4 Å². The van der Waals surface area contributed by atoms with E-state index in [1.54, 1.807) is 32.6 Å². The number of thiazole rings is 1. The van der Waals surface area contributed by atoms with E-state index in [0.29, 0.717) is 23.5 Å². The monoisotopic (exact) mass is 489 g/mol. The quantitative estimate of drug-likeness (QED) is 0.682. The summed E-state index contributed by atoms with van der Waals surface area (Å²) in [4.78, 5) is 27.5. The Morgan fingerprint density at radius 2 is 1.91 bits per heavy atom. The third kappa shape index (κ3) is 6.02. The van der Waals surface area contributed by atoms with Crippen molar-refractivity contribution in [1.29, 1.82) is 0 Å². The Labute approximate surface area is 193 Å². The summed E-state index contributed by atoms with van der Waals surface area (Å²) < 4.78 is 51.0. The van der Waals surface area contributed by atoms with Crippen LogP contribution in [-0.2, 0) is 10.9 Å². The predicted molar refractivity (Wildman–Crippen MR) is 115 cm³/mol. The minimum atomic E-state index is -4.63. The number of rotatable bonds is 5. The molecule has 33 heavy (non-hydrogen) atoms. The Morgan fingerprint density at radius 3 is 2.45 bits per heavy atom. The number of piperazine rings is 1. The lowest BCUT2D eigenvalue weighted by molar-refractivity contribution is -0.137. The van der Waals surface area contributed by atoms with Crippen LogP contribution in [0, 0.1) is 0 Å². The molecule has 9 nitrogen and oxygen atoms in total. The van der Waals surface area contributed by atoms with Crippen molar-refractivity contribution in [2.75, 3.05) is 37.7 Å². The Balaban J connectivity index is 1.90. The number of nitrogens with zero attached hydrogens (tertiary/aromatic N) is 5. The number of carbonyl (C=O) groups excluding carboxylic acids is 1. The highest BCUT2D eigenvalue weighted by Gasteiger charge is 2.39. The maximum atomic E-state index is 13.5. The van der Waals surface area contributed by atoms with Crippen molar-refractivity contribution < 1.29 is 32.5 Å². The molecule has 13 heteroatoms. The Kier molecular flexibility index (Phi) is 7.32. The van der Waals surface area contributed by atoms with Crippen molar-refractivity contribution in [1.82, 2.24) is 19.9 Å². The summed E-state index contributed by atoms with van der Waals surface area (Å²) in [5.74, 6) is 0. The Morgan fingerprint density at radius 1 is 1.24 bits per heavy atom. The van der Waals surface area contributed by atoms with Gasteiger partial charge in [-0.3, -0.25) is 4.90 Å². The average Bonchev–Trinajstić information content (AvgIpc) is 3.19. The lowest BCUT2D eigenvalue weighted by Crippen LogP contribution is -2.57. The summed E-state index contributed by atoms with van der Waals surface area (Å²) >= 11 is 0.501. The number of aliphatic hydroxyl groups is 1. The third-order valence-electron chi connectivity index (χ3n) is 4.64. The third-order valence-corrected chi connectivity index (χ3v) is 5.80. The molecule has 0 aromatic carbocycles. The van der Waals surface area contributed by atoms with E-state index in [1.807, 2.05) is 0 Å². The molecule has 0 radical (unpaired) electrons. The molecule has 2 aromatic heterocycles. The van der Waals surface area contributed by atoms with Crippen LogP contribution in [0.3, 0.4) is 0 Å². The highest BCUT2D eigenvalue weighted by molar-refractivity contribution is 7.16. The Bertz CT molecular complexity index is 962. The van der Waals surface area contributed by atoms with Crippen LogP contribution in [0.1, 0.15) is 32.7 Å². The molecule has 1 unspecified atom stereocenters. The summed E-state index contributed by atoms with van der Waals surface area (Å²) in [6.07, 6.45) is -2.49. The molecule has 1 fully saturated rings. The SMILES string of the molecule is CCOc1ncc(-c2nc(C(F)(F)F)sc2N2CCN(C(=O)OC(C)(C)C)C(CO)C2)cn1. The number of alkyl halides is 3. The normalized spacial score (nSPS) is 17.3. The van der Waals surface area contributed by atoms with E-state index in [2.05, 4.69) is 15.0 Å². The highest BCUT2D eigenvalue weighted by atomic mass is 32.1. The van der Waals surface area contributed by atoms with Crippen LogP contribution in [0.25, 0.3) is 11.3 Å². The second kappa shape index (κ2) is 9.67. The van der Waals surface area contributed by atoms with E-state index < -0.39 is 28.9 Å². The number of hydrogen-bond donors (Lipinski definition) is 1. The molecule has 3 rings (SSSR count). The summed E-state index contributed by atoms with van der Waals surface area (Å²) in [7, 11) is 0. The summed E-state index contributed by atoms with van der Waals surface area (Å²) in [5.41, 5.74) is -0.331. The lowest BCUT2D eigenvalue weighted by atomic mass is 10.1. The number of anilines is 1. The van der Waals surface area contributed by atoms with Crippen LogP contribution in [0.2, 0.25) is 0 Å². The molecule has 1 amide bonds. The summed E-state index contributed by atoms with van der Waals surface area (Å²) in [6, 6.07) is -0.546. The van der Waals surface area contributed by atoms with Gasteiger partial charge in [0.15, 0.2) is 0 Å². The first-order valence-corrected chi connectivity index (χ1v) is 11.1. The first-order valence-electron chi connectivity index (χ1n) is 10.3. The second-order valence-electron chi connectivity index (χ2n) is 8.31. The molecule has 0 spiro atoms. The van der Waals surface area contributed by atoms with Gasteiger partial charge in [0.1, 0.15) is 16.3 Å². The molecule has 1 aliphatic heterocycles. The number of hydrogen-bond acceptors (Lipinski definition) is 9. The van der Waals surface area contributed by atoms with E-state index >= 15 is 0 Å². The molecule has 1 aliphatic rings. The number of aromatic nitrogens is 3. The number of aliphatic hydroxyl groups excluding tert-OH is 1. The van der Waals surface area contributed by atoms with Crippen LogP contribution >= 0.6 is 11.3 Å². The van der Waals surface area contributed by atoms with Gasteiger partial charge in [-0.15, -0.1) is 0 Å². The molecule has 1 N–H and O–H groups in total. The van der Waals surface area contributed by atoms with E-state index in [9.17, 15) is 23.1 Å². The van der Waals surface area contributed by atoms with Crippen LogP contribution in [0.5, 0.6) is 6.01 Å². The number of ether oxygens (including phenoxy) is 2. The maximum absolute atomic E-state index is 13.5. The zero-order valence-electron chi connectivity index (χ0n) is 18.7. The minimum Gasteiger partial charge on any atom is -0.464 e. The Hall–Kier alpha value is -2.67. The average molecular weight is 490 g/mol. The first-order chi connectivity index (χ1) is 15.4. The molecule has 182 valence electrons. The van der Waals surface area contributed by atoms with Gasteiger partial charge < -0.3 is 19.5 Å². The fourth-order valence-electron chi connectivity index (χ4n) is 3.23. The fourth-order valence-corrected chi connectivity index (χ4v) is 4.23. The van der Waals surface area contributed by atoms with E-state index in [1.165, 1.54) is 17.3 Å². The van der Waals surface area contributed by atoms with Crippen LogP contribution in [-0.4, -0.2) is 75.5 Å². The van der Waals surface area contributed by atoms with Gasteiger partial charge in [0.05, 0.1) is 19.3 Å². The van der Waals surface area contributed by atoms with Crippen molar-refractivity contribution in [3.63, 3.8) is 0 Å². The van der Waals surface area contributed by atoms with Gasteiger partial charge in [0, 0.05) is 37.6 Å². The van der Waals surface area contributed by atoms with Crippen molar-refractivity contribution in [2.45, 2.75) is 45.5 Å². The largest absolute Gasteiger partial charge is 0.464 e. The number of amides is 1. The molecule has 2 aromatic rings. The molecular weight excluding hydrogens is 463 g/mol. The highest BCUT2D eigenvalue weighted by Crippen LogP contribution is 2.43. The molecule has 0 bridgehead atoms. The summed E-state index contributed by atoms with van der Waals surface area (Å²) in [6.45, 7) is 7.45. The van der Waals surface area contributed by atoms with Crippen LogP contribution in [0.4, 0.5) is 23.0 Å². The topological polar surface area (TPSA) is 101 Å². The van der Waals surface area contributed by atoms with E-state index in [4.69, 9.17) is 9.47 Å². The number of carbonyl (C=O) groups is 1. The zero-order valence-corrected chi connectivity index (χ0v) is 19.5.